The number of amides is 3. The first-order valence-electron chi connectivity index (χ1n) is 11.2. The Morgan fingerprint density at radius 1 is 0.848 bits per heavy atom. The molecule has 1 aliphatic rings. The molecule has 3 amide bonds. The van der Waals surface area contributed by atoms with E-state index in [-0.39, 0.29) is 36.5 Å². The van der Waals surface area contributed by atoms with Crippen LogP contribution < -0.4 is 16.0 Å². The average molecular weight is 442 g/mol. The smallest absolute Gasteiger partial charge is 0.254 e. The van der Waals surface area contributed by atoms with E-state index >= 15 is 0 Å². The number of nitrogens with one attached hydrogen (secondary N) is 3. The molecule has 0 radical (unpaired) electrons. The zero-order valence-corrected chi connectivity index (χ0v) is 18.3. The fourth-order valence-electron chi connectivity index (χ4n) is 4.13. The van der Waals surface area contributed by atoms with Crippen LogP contribution in [0.15, 0.2) is 84.9 Å². The standard InChI is InChI=1S/C27H27N3O3/c31-25(16-15-24-27(33)29-23-14-8-7-13-22(23)26(32)30-24)28-18-17-21(19-9-3-1-4-10-19)20-11-5-2-6-12-20/h1-14,21,24H,15-18H2,(H,28,31)(H,29,33)(H,30,32)/t24-/m1/s1. The van der Waals surface area contributed by atoms with Crippen LogP contribution in [0.3, 0.4) is 0 Å². The summed E-state index contributed by atoms with van der Waals surface area (Å²) >= 11 is 0. The quantitative estimate of drug-likeness (QED) is 0.496. The van der Waals surface area contributed by atoms with Crippen LogP contribution in [0, 0.1) is 0 Å². The molecule has 3 aromatic carbocycles. The van der Waals surface area contributed by atoms with Crippen molar-refractivity contribution >= 4 is 23.4 Å². The Kier molecular flexibility index (Phi) is 7.15. The van der Waals surface area contributed by atoms with Crippen molar-refractivity contribution in [2.75, 3.05) is 11.9 Å². The molecule has 6 nitrogen and oxygen atoms in total. The van der Waals surface area contributed by atoms with Crippen LogP contribution in [0.25, 0.3) is 0 Å². The molecule has 1 heterocycles. The summed E-state index contributed by atoms with van der Waals surface area (Å²) in [4.78, 5) is 37.4. The van der Waals surface area contributed by atoms with E-state index in [4.69, 9.17) is 0 Å². The number of hydrogen-bond donors (Lipinski definition) is 3. The number of para-hydroxylation sites is 1. The Bertz CT molecular complexity index is 1080. The van der Waals surface area contributed by atoms with Crippen LogP contribution in [0.4, 0.5) is 5.69 Å². The molecule has 0 unspecified atom stereocenters. The number of rotatable bonds is 8. The van der Waals surface area contributed by atoms with Gasteiger partial charge in [0.2, 0.25) is 11.8 Å². The van der Waals surface area contributed by atoms with Gasteiger partial charge in [0.1, 0.15) is 6.04 Å². The van der Waals surface area contributed by atoms with Crippen LogP contribution >= 0.6 is 0 Å². The first-order valence-corrected chi connectivity index (χ1v) is 11.2. The predicted octanol–water partition coefficient (Wildman–Crippen LogP) is 3.86. The lowest BCUT2D eigenvalue weighted by Crippen LogP contribution is -2.42. The molecule has 1 aliphatic heterocycles. The van der Waals surface area contributed by atoms with Gasteiger partial charge in [0, 0.05) is 18.9 Å². The highest BCUT2D eigenvalue weighted by atomic mass is 16.2. The molecule has 0 aliphatic carbocycles. The van der Waals surface area contributed by atoms with Crippen LogP contribution in [0.2, 0.25) is 0 Å². The number of fused-ring (bicyclic) bond motifs is 1. The second-order valence-corrected chi connectivity index (χ2v) is 8.11. The van der Waals surface area contributed by atoms with Crippen molar-refractivity contribution < 1.29 is 14.4 Å². The summed E-state index contributed by atoms with van der Waals surface area (Å²) in [5, 5.41) is 8.46. The highest BCUT2D eigenvalue weighted by molar-refractivity contribution is 6.09. The zero-order chi connectivity index (χ0) is 23.0. The van der Waals surface area contributed by atoms with Gasteiger partial charge in [-0.25, -0.2) is 0 Å². The highest BCUT2D eigenvalue weighted by Crippen LogP contribution is 2.27. The van der Waals surface area contributed by atoms with Crippen LogP contribution in [-0.2, 0) is 9.59 Å². The van der Waals surface area contributed by atoms with Gasteiger partial charge in [-0.05, 0) is 36.1 Å². The first-order chi connectivity index (χ1) is 16.1. The molecular formula is C27H27N3O3. The molecule has 0 saturated heterocycles. The van der Waals surface area contributed by atoms with E-state index in [2.05, 4.69) is 40.2 Å². The van der Waals surface area contributed by atoms with Gasteiger partial charge in [-0.15, -0.1) is 0 Å². The summed E-state index contributed by atoms with van der Waals surface area (Å²) in [6.45, 7) is 0.516. The van der Waals surface area contributed by atoms with Crippen molar-refractivity contribution in [2.24, 2.45) is 0 Å². The van der Waals surface area contributed by atoms with E-state index in [1.165, 1.54) is 11.1 Å². The third kappa shape index (κ3) is 5.66. The third-order valence-corrected chi connectivity index (χ3v) is 5.87. The average Bonchev–Trinajstić information content (AvgIpc) is 2.97. The fraction of sp³-hybridized carbons (Fsp3) is 0.222. The van der Waals surface area contributed by atoms with Crippen molar-refractivity contribution in [1.29, 1.82) is 0 Å². The van der Waals surface area contributed by atoms with E-state index in [9.17, 15) is 14.4 Å². The highest BCUT2D eigenvalue weighted by Gasteiger charge is 2.27. The molecule has 0 fully saturated rings. The second kappa shape index (κ2) is 10.6. The topological polar surface area (TPSA) is 87.3 Å². The van der Waals surface area contributed by atoms with Crippen molar-refractivity contribution in [1.82, 2.24) is 10.6 Å². The lowest BCUT2D eigenvalue weighted by molar-refractivity contribution is -0.121. The molecule has 0 saturated carbocycles. The van der Waals surface area contributed by atoms with Gasteiger partial charge in [-0.2, -0.15) is 0 Å². The van der Waals surface area contributed by atoms with Gasteiger partial charge < -0.3 is 16.0 Å². The first kappa shape index (κ1) is 22.3. The predicted molar refractivity (Wildman–Crippen MR) is 128 cm³/mol. The molecule has 4 rings (SSSR count). The lowest BCUT2D eigenvalue weighted by Gasteiger charge is -2.19. The molecule has 0 bridgehead atoms. The number of benzene rings is 3. The molecule has 33 heavy (non-hydrogen) atoms. The minimum absolute atomic E-state index is 0.140. The SMILES string of the molecule is O=C(CC[C@H]1NC(=O)c2ccccc2NC1=O)NCCC(c1ccccc1)c1ccccc1. The Hall–Kier alpha value is -3.93. The maximum atomic E-state index is 12.5. The van der Waals surface area contributed by atoms with E-state index < -0.39 is 6.04 Å². The van der Waals surface area contributed by atoms with Crippen LogP contribution in [0.5, 0.6) is 0 Å². The number of hydrogen-bond acceptors (Lipinski definition) is 3. The zero-order valence-electron chi connectivity index (χ0n) is 18.3. The van der Waals surface area contributed by atoms with Gasteiger partial charge in [0.25, 0.3) is 5.91 Å². The second-order valence-electron chi connectivity index (χ2n) is 8.11. The maximum Gasteiger partial charge on any atom is 0.254 e. The summed E-state index contributed by atoms with van der Waals surface area (Å²) in [7, 11) is 0. The van der Waals surface area contributed by atoms with Crippen LogP contribution in [-0.4, -0.2) is 30.3 Å². The van der Waals surface area contributed by atoms with E-state index in [1.807, 2.05) is 36.4 Å². The largest absolute Gasteiger partial charge is 0.356 e. The van der Waals surface area contributed by atoms with Gasteiger partial charge in [-0.3, -0.25) is 14.4 Å². The van der Waals surface area contributed by atoms with E-state index in [1.54, 1.807) is 24.3 Å². The summed E-state index contributed by atoms with van der Waals surface area (Å²) in [6.07, 6.45) is 1.14. The molecule has 3 N–H and O–H groups in total. The summed E-state index contributed by atoms with van der Waals surface area (Å²) in [6, 6.07) is 26.6. The summed E-state index contributed by atoms with van der Waals surface area (Å²) in [5.41, 5.74) is 3.32. The molecule has 1 atom stereocenters. The Morgan fingerprint density at radius 3 is 2.12 bits per heavy atom. The van der Waals surface area contributed by atoms with Crippen molar-refractivity contribution in [2.45, 2.75) is 31.2 Å². The molecule has 0 spiro atoms. The minimum Gasteiger partial charge on any atom is -0.356 e. The minimum atomic E-state index is -0.753. The van der Waals surface area contributed by atoms with Gasteiger partial charge in [0.05, 0.1) is 11.3 Å². The third-order valence-electron chi connectivity index (χ3n) is 5.87. The molecule has 168 valence electrons. The molecule has 6 heteroatoms. The fourth-order valence-corrected chi connectivity index (χ4v) is 4.13. The Morgan fingerprint density at radius 2 is 1.45 bits per heavy atom. The number of carbonyl (C=O) groups is 3. The normalized spacial score (nSPS) is 15.2. The van der Waals surface area contributed by atoms with Gasteiger partial charge in [0.15, 0.2) is 0 Å². The summed E-state index contributed by atoms with van der Waals surface area (Å²) < 4.78 is 0. The number of anilines is 1. The van der Waals surface area contributed by atoms with E-state index in [0.29, 0.717) is 17.8 Å². The van der Waals surface area contributed by atoms with Crippen LogP contribution in [0.1, 0.15) is 46.7 Å². The molecule has 3 aromatic rings. The maximum absolute atomic E-state index is 12.5. The lowest BCUT2D eigenvalue weighted by atomic mass is 9.88. The molecular weight excluding hydrogens is 414 g/mol. The van der Waals surface area contributed by atoms with Crippen molar-refractivity contribution in [3.8, 4) is 0 Å². The van der Waals surface area contributed by atoms with Crippen molar-refractivity contribution in [3.63, 3.8) is 0 Å². The van der Waals surface area contributed by atoms with E-state index in [0.717, 1.165) is 6.42 Å². The van der Waals surface area contributed by atoms with Crippen molar-refractivity contribution in [3.05, 3.63) is 102 Å². The molecule has 0 aromatic heterocycles. The Labute approximate surface area is 193 Å². The van der Waals surface area contributed by atoms with Gasteiger partial charge in [-0.1, -0.05) is 72.8 Å². The number of carbonyl (C=O) groups excluding carboxylic acids is 3. The monoisotopic (exact) mass is 441 g/mol. The van der Waals surface area contributed by atoms with Gasteiger partial charge >= 0.3 is 0 Å². The Balaban J connectivity index is 1.30. The summed E-state index contributed by atoms with van der Waals surface area (Å²) in [5.74, 6) is -0.589.